The van der Waals surface area contributed by atoms with Gasteiger partial charge in [-0.15, -0.1) is 0 Å². The first kappa shape index (κ1) is 22.6. The molecule has 172 valence electrons. The van der Waals surface area contributed by atoms with Crippen LogP contribution in [0.15, 0.2) is 48.5 Å². The van der Waals surface area contributed by atoms with Crippen molar-refractivity contribution in [2.45, 2.75) is 31.8 Å². The molecular formula is C26H29N3O4. The highest BCUT2D eigenvalue weighted by atomic mass is 16.5. The van der Waals surface area contributed by atoms with Gasteiger partial charge in [-0.3, -0.25) is 9.78 Å². The number of hydrogen-bond acceptors (Lipinski definition) is 6. The third-order valence-electron chi connectivity index (χ3n) is 5.83. The summed E-state index contributed by atoms with van der Waals surface area (Å²) in [6.45, 7) is 0.444. The Balaban J connectivity index is 1.35. The summed E-state index contributed by atoms with van der Waals surface area (Å²) in [6.07, 6.45) is 6.51. The smallest absolute Gasteiger partial charge is 0.244 e. The normalized spacial score (nSPS) is 14.1. The van der Waals surface area contributed by atoms with Crippen molar-refractivity contribution in [2.75, 3.05) is 25.5 Å². The van der Waals surface area contributed by atoms with Gasteiger partial charge in [-0.25, -0.2) is 0 Å². The maximum Gasteiger partial charge on any atom is 0.244 e. The van der Waals surface area contributed by atoms with Crippen LogP contribution in [0.2, 0.25) is 0 Å². The Kier molecular flexibility index (Phi) is 7.10. The molecule has 0 aliphatic heterocycles. The summed E-state index contributed by atoms with van der Waals surface area (Å²) in [4.78, 5) is 17.0. The molecule has 7 nitrogen and oxygen atoms in total. The lowest BCUT2D eigenvalue weighted by Gasteiger charge is -2.22. The predicted molar refractivity (Wildman–Crippen MR) is 130 cm³/mol. The fraction of sp³-hybridized carbons (Fsp3) is 0.308. The number of aliphatic hydroxyl groups is 1. The minimum absolute atomic E-state index is 0.0398. The summed E-state index contributed by atoms with van der Waals surface area (Å²) < 4.78 is 5.07. The van der Waals surface area contributed by atoms with Gasteiger partial charge in [0.1, 0.15) is 0 Å². The van der Waals surface area contributed by atoms with Crippen LogP contribution in [-0.4, -0.2) is 47.4 Å². The second-order valence-electron chi connectivity index (χ2n) is 8.18. The van der Waals surface area contributed by atoms with E-state index in [-0.39, 0.29) is 18.2 Å². The van der Waals surface area contributed by atoms with E-state index in [1.807, 2.05) is 18.2 Å². The van der Waals surface area contributed by atoms with Crippen molar-refractivity contribution >= 4 is 28.6 Å². The van der Waals surface area contributed by atoms with Gasteiger partial charge in [-0.05, 0) is 61.1 Å². The Bertz CT molecular complexity index is 1180. The van der Waals surface area contributed by atoms with E-state index < -0.39 is 6.10 Å². The predicted octanol–water partition coefficient (Wildman–Crippen LogP) is 3.43. The van der Waals surface area contributed by atoms with Crippen molar-refractivity contribution in [3.05, 3.63) is 65.4 Å². The second-order valence-corrected chi connectivity index (χ2v) is 8.18. The van der Waals surface area contributed by atoms with Crippen molar-refractivity contribution in [3.8, 4) is 11.5 Å². The lowest BCUT2D eigenvalue weighted by molar-refractivity contribution is -0.116. The minimum Gasteiger partial charge on any atom is -0.504 e. The molecule has 1 aliphatic carbocycles. The zero-order chi connectivity index (χ0) is 23.2. The third kappa shape index (κ3) is 5.43. The highest BCUT2D eigenvalue weighted by Gasteiger charge is 2.18. The van der Waals surface area contributed by atoms with Crippen molar-refractivity contribution in [1.82, 2.24) is 10.3 Å². The number of fused-ring (bicyclic) bond motifs is 2. The van der Waals surface area contributed by atoms with Crippen LogP contribution in [0, 0.1) is 0 Å². The van der Waals surface area contributed by atoms with Gasteiger partial charge in [-0.1, -0.05) is 24.3 Å². The van der Waals surface area contributed by atoms with Gasteiger partial charge in [0.2, 0.25) is 5.91 Å². The van der Waals surface area contributed by atoms with Gasteiger partial charge in [0.15, 0.2) is 11.5 Å². The summed E-state index contributed by atoms with van der Waals surface area (Å²) in [5.41, 5.74) is 5.10. The Labute approximate surface area is 193 Å². The van der Waals surface area contributed by atoms with Crippen LogP contribution >= 0.6 is 0 Å². The molecule has 0 saturated carbocycles. The first-order chi connectivity index (χ1) is 16.0. The lowest BCUT2D eigenvalue weighted by atomic mass is 9.92. The Morgan fingerprint density at radius 2 is 2.00 bits per heavy atom. The molecule has 1 aromatic heterocycles. The number of aryl methyl sites for hydroxylation is 1. The number of carbonyl (C=O) groups excluding carboxylic acids is 1. The zero-order valence-electron chi connectivity index (χ0n) is 18.7. The summed E-state index contributed by atoms with van der Waals surface area (Å²) in [6, 6.07) is 12.9. The van der Waals surface area contributed by atoms with E-state index in [0.29, 0.717) is 12.3 Å². The van der Waals surface area contributed by atoms with Crippen LogP contribution in [0.3, 0.4) is 0 Å². The first-order valence-electron chi connectivity index (χ1n) is 11.2. The maximum absolute atomic E-state index is 12.2. The topological polar surface area (TPSA) is 104 Å². The van der Waals surface area contributed by atoms with Crippen LogP contribution in [0.1, 0.15) is 29.7 Å². The molecule has 1 amide bonds. The number of pyridine rings is 1. The average Bonchev–Trinajstić information content (AvgIpc) is 2.84. The number of ether oxygens (including phenoxy) is 1. The number of phenolic OH excluding ortho intramolecular Hbond substituents is 1. The van der Waals surface area contributed by atoms with Gasteiger partial charge in [0, 0.05) is 35.9 Å². The first-order valence-corrected chi connectivity index (χ1v) is 11.2. The standard InChI is InChI=1S/C26H29N3O4/c1-33-24-14-17(10-12-23(24)31)11-13-25(32)27-15-18(30)16-28-26-19-6-2-4-8-21(19)29-22-9-5-3-7-20(22)26/h2,4,6,8,10-14,18,30-31H,3,5,7,9,15-16H2,1H3,(H,27,32)(H,28,29)/b13-11+. The number of nitrogens with zero attached hydrogens (tertiary/aromatic N) is 1. The van der Waals surface area contributed by atoms with Crippen LogP contribution < -0.4 is 15.4 Å². The number of anilines is 1. The average molecular weight is 448 g/mol. The largest absolute Gasteiger partial charge is 0.504 e. The van der Waals surface area contributed by atoms with E-state index in [1.165, 1.54) is 24.8 Å². The molecular weight excluding hydrogens is 418 g/mol. The molecule has 33 heavy (non-hydrogen) atoms. The fourth-order valence-electron chi connectivity index (χ4n) is 4.11. The molecule has 0 saturated heterocycles. The number of phenols is 1. The highest BCUT2D eigenvalue weighted by Crippen LogP contribution is 2.33. The molecule has 0 radical (unpaired) electrons. The van der Waals surface area contributed by atoms with E-state index in [2.05, 4.69) is 16.7 Å². The molecule has 1 atom stereocenters. The number of methoxy groups -OCH3 is 1. The number of aliphatic hydroxyl groups excluding tert-OH is 1. The number of carbonyl (C=O) groups is 1. The van der Waals surface area contributed by atoms with Crippen LogP contribution in [0.25, 0.3) is 17.0 Å². The number of rotatable bonds is 8. The maximum atomic E-state index is 12.2. The number of amides is 1. The number of aromatic nitrogens is 1. The summed E-state index contributed by atoms with van der Waals surface area (Å²) in [5, 5.41) is 27.3. The van der Waals surface area contributed by atoms with Gasteiger partial charge in [0.25, 0.3) is 0 Å². The zero-order valence-corrected chi connectivity index (χ0v) is 18.7. The highest BCUT2D eigenvalue weighted by molar-refractivity contribution is 5.94. The van der Waals surface area contributed by atoms with E-state index in [1.54, 1.807) is 18.2 Å². The van der Waals surface area contributed by atoms with Crippen LogP contribution in [0.4, 0.5) is 5.69 Å². The lowest BCUT2D eigenvalue weighted by Crippen LogP contribution is -2.35. The fourth-order valence-corrected chi connectivity index (χ4v) is 4.11. The Morgan fingerprint density at radius 1 is 1.18 bits per heavy atom. The van der Waals surface area contributed by atoms with Crippen molar-refractivity contribution in [2.24, 2.45) is 0 Å². The van der Waals surface area contributed by atoms with Crippen molar-refractivity contribution in [1.29, 1.82) is 0 Å². The Hall–Kier alpha value is -3.58. The minimum atomic E-state index is -0.748. The Morgan fingerprint density at radius 3 is 2.85 bits per heavy atom. The van der Waals surface area contributed by atoms with E-state index in [0.717, 1.165) is 53.5 Å². The molecule has 1 unspecified atom stereocenters. The molecule has 2 aromatic carbocycles. The van der Waals surface area contributed by atoms with E-state index >= 15 is 0 Å². The van der Waals surface area contributed by atoms with Crippen molar-refractivity contribution < 1.29 is 19.7 Å². The number of hydrogen-bond donors (Lipinski definition) is 4. The van der Waals surface area contributed by atoms with Crippen LogP contribution in [-0.2, 0) is 17.6 Å². The van der Waals surface area contributed by atoms with E-state index in [9.17, 15) is 15.0 Å². The molecule has 0 fully saturated rings. The second kappa shape index (κ2) is 10.4. The number of aromatic hydroxyl groups is 1. The number of nitrogens with one attached hydrogen (secondary N) is 2. The quantitative estimate of drug-likeness (QED) is 0.395. The van der Waals surface area contributed by atoms with Crippen molar-refractivity contribution in [3.63, 3.8) is 0 Å². The molecule has 1 aliphatic rings. The third-order valence-corrected chi connectivity index (χ3v) is 5.83. The molecule has 0 bridgehead atoms. The van der Waals surface area contributed by atoms with Gasteiger partial charge >= 0.3 is 0 Å². The number of benzene rings is 2. The SMILES string of the molecule is COc1cc(/C=C/C(=O)NCC(O)CNc2c3c(nc4ccccc24)CCCC3)ccc1O. The summed E-state index contributed by atoms with van der Waals surface area (Å²) in [5.74, 6) is 0.0654. The molecule has 4 N–H and O–H groups in total. The number of para-hydroxylation sites is 1. The van der Waals surface area contributed by atoms with Gasteiger partial charge in [0.05, 0.1) is 18.7 Å². The van der Waals surface area contributed by atoms with Crippen LogP contribution in [0.5, 0.6) is 11.5 Å². The van der Waals surface area contributed by atoms with E-state index in [4.69, 9.17) is 9.72 Å². The molecule has 7 heteroatoms. The van der Waals surface area contributed by atoms with Gasteiger partial charge < -0.3 is 25.6 Å². The van der Waals surface area contributed by atoms with Gasteiger partial charge in [-0.2, -0.15) is 0 Å². The molecule has 3 aromatic rings. The summed E-state index contributed by atoms with van der Waals surface area (Å²) in [7, 11) is 1.47. The molecule has 1 heterocycles. The summed E-state index contributed by atoms with van der Waals surface area (Å²) >= 11 is 0. The molecule has 4 rings (SSSR count). The molecule has 0 spiro atoms. The monoisotopic (exact) mass is 447 g/mol.